The molecule has 0 bridgehead atoms. The summed E-state index contributed by atoms with van der Waals surface area (Å²) >= 11 is 0. The Morgan fingerprint density at radius 2 is 1.85 bits per heavy atom. The Bertz CT molecular complexity index is 231. The highest BCUT2D eigenvalue weighted by atomic mass is 16.6. The van der Waals surface area contributed by atoms with E-state index in [1.807, 2.05) is 44.2 Å². The molecule has 0 aromatic heterocycles. The zero-order chi connectivity index (χ0) is 9.68. The third kappa shape index (κ3) is 4.06. The van der Waals surface area contributed by atoms with Crippen molar-refractivity contribution < 1.29 is 9.84 Å². The fourth-order valence-electron chi connectivity index (χ4n) is 1.18. The number of hydrogen-bond donors (Lipinski definition) is 1. The lowest BCUT2D eigenvalue weighted by Gasteiger charge is -2.14. The van der Waals surface area contributed by atoms with Crippen LogP contribution >= 0.6 is 0 Å². The highest BCUT2D eigenvalue weighted by Gasteiger charge is 2.06. The molecule has 0 saturated carbocycles. The molecular weight excluding hydrogens is 164 g/mol. The molecule has 0 spiro atoms. The Morgan fingerprint density at radius 1 is 1.23 bits per heavy atom. The third-order valence-corrected chi connectivity index (χ3v) is 1.68. The van der Waals surface area contributed by atoms with Gasteiger partial charge in [0.05, 0.1) is 6.10 Å². The van der Waals surface area contributed by atoms with Crippen LogP contribution in [0.15, 0.2) is 30.3 Å². The van der Waals surface area contributed by atoms with Gasteiger partial charge < -0.3 is 9.84 Å². The molecule has 1 aromatic rings. The Labute approximate surface area is 79.2 Å². The zero-order valence-corrected chi connectivity index (χ0v) is 8.10. The van der Waals surface area contributed by atoms with Gasteiger partial charge in [0.15, 0.2) is 6.29 Å². The number of benzene rings is 1. The Morgan fingerprint density at radius 3 is 2.38 bits per heavy atom. The highest BCUT2D eigenvalue weighted by molar-refractivity contribution is 5.14. The molecule has 0 heterocycles. The molecule has 0 fully saturated rings. The summed E-state index contributed by atoms with van der Waals surface area (Å²) in [6.07, 6.45) is -0.0694. The SMILES string of the molecule is CC(C)OC(O)Cc1ccccc1. The Hall–Kier alpha value is -0.860. The van der Waals surface area contributed by atoms with E-state index in [0.717, 1.165) is 5.56 Å². The maximum atomic E-state index is 9.45. The summed E-state index contributed by atoms with van der Waals surface area (Å²) in [6, 6.07) is 9.83. The molecule has 0 saturated heterocycles. The Kier molecular flexibility index (Phi) is 3.93. The molecule has 72 valence electrons. The number of rotatable bonds is 4. The van der Waals surface area contributed by atoms with E-state index in [-0.39, 0.29) is 6.10 Å². The van der Waals surface area contributed by atoms with E-state index in [2.05, 4.69) is 0 Å². The average Bonchev–Trinajstić information content (AvgIpc) is 2.04. The second-order valence-corrected chi connectivity index (χ2v) is 3.33. The summed E-state index contributed by atoms with van der Waals surface area (Å²) in [5, 5.41) is 9.45. The van der Waals surface area contributed by atoms with Crippen molar-refractivity contribution in [2.24, 2.45) is 0 Å². The normalized spacial score (nSPS) is 13.2. The van der Waals surface area contributed by atoms with Crippen LogP contribution < -0.4 is 0 Å². The van der Waals surface area contributed by atoms with Gasteiger partial charge in [-0.1, -0.05) is 30.3 Å². The van der Waals surface area contributed by atoms with E-state index in [1.165, 1.54) is 0 Å². The predicted octanol–water partition coefficient (Wildman–Crippen LogP) is 1.97. The van der Waals surface area contributed by atoms with Gasteiger partial charge in [0, 0.05) is 6.42 Å². The van der Waals surface area contributed by atoms with Gasteiger partial charge in [0.1, 0.15) is 0 Å². The smallest absolute Gasteiger partial charge is 0.158 e. The van der Waals surface area contributed by atoms with Gasteiger partial charge in [-0.05, 0) is 19.4 Å². The van der Waals surface area contributed by atoms with Gasteiger partial charge in [-0.2, -0.15) is 0 Å². The fraction of sp³-hybridized carbons (Fsp3) is 0.455. The van der Waals surface area contributed by atoms with Crippen LogP contribution in [0.4, 0.5) is 0 Å². The second-order valence-electron chi connectivity index (χ2n) is 3.33. The van der Waals surface area contributed by atoms with Crippen LogP contribution in [-0.2, 0) is 11.2 Å². The van der Waals surface area contributed by atoms with Crippen LogP contribution in [0.5, 0.6) is 0 Å². The minimum absolute atomic E-state index is 0.0683. The van der Waals surface area contributed by atoms with Crippen molar-refractivity contribution in [2.75, 3.05) is 0 Å². The summed E-state index contributed by atoms with van der Waals surface area (Å²) < 4.78 is 5.21. The maximum Gasteiger partial charge on any atom is 0.158 e. The molecule has 13 heavy (non-hydrogen) atoms. The molecular formula is C11H16O2. The molecule has 1 aromatic carbocycles. The summed E-state index contributed by atoms with van der Waals surface area (Å²) in [5.74, 6) is 0. The lowest BCUT2D eigenvalue weighted by molar-refractivity contribution is -0.123. The van der Waals surface area contributed by atoms with Crippen LogP contribution in [0.25, 0.3) is 0 Å². The molecule has 2 nitrogen and oxygen atoms in total. The van der Waals surface area contributed by atoms with Crippen molar-refractivity contribution in [2.45, 2.75) is 32.7 Å². The van der Waals surface area contributed by atoms with E-state index in [0.29, 0.717) is 6.42 Å². The van der Waals surface area contributed by atoms with Crippen LogP contribution in [0.1, 0.15) is 19.4 Å². The van der Waals surface area contributed by atoms with Gasteiger partial charge >= 0.3 is 0 Å². The van der Waals surface area contributed by atoms with Crippen molar-refractivity contribution in [1.82, 2.24) is 0 Å². The summed E-state index contributed by atoms with van der Waals surface area (Å²) in [6.45, 7) is 3.82. The first-order valence-electron chi connectivity index (χ1n) is 4.56. The van der Waals surface area contributed by atoms with Crippen molar-refractivity contribution in [3.05, 3.63) is 35.9 Å². The molecule has 1 unspecified atom stereocenters. The van der Waals surface area contributed by atoms with Gasteiger partial charge in [-0.15, -0.1) is 0 Å². The lowest BCUT2D eigenvalue weighted by Crippen LogP contribution is -2.19. The first-order valence-corrected chi connectivity index (χ1v) is 4.56. The maximum absolute atomic E-state index is 9.45. The molecule has 0 aliphatic heterocycles. The van der Waals surface area contributed by atoms with E-state index in [4.69, 9.17) is 4.74 Å². The number of ether oxygens (including phenoxy) is 1. The molecule has 2 heteroatoms. The van der Waals surface area contributed by atoms with E-state index < -0.39 is 6.29 Å². The van der Waals surface area contributed by atoms with Crippen molar-refractivity contribution >= 4 is 0 Å². The standard InChI is InChI=1S/C11H16O2/c1-9(2)13-11(12)8-10-6-4-3-5-7-10/h3-7,9,11-12H,8H2,1-2H3. The van der Waals surface area contributed by atoms with E-state index in [9.17, 15) is 5.11 Å². The van der Waals surface area contributed by atoms with E-state index in [1.54, 1.807) is 0 Å². The molecule has 0 amide bonds. The number of aliphatic hydroxyl groups excluding tert-OH is 1. The minimum atomic E-state index is -0.692. The summed E-state index contributed by atoms with van der Waals surface area (Å²) in [7, 11) is 0. The average molecular weight is 180 g/mol. The van der Waals surface area contributed by atoms with Crippen LogP contribution in [0, 0.1) is 0 Å². The first-order chi connectivity index (χ1) is 6.18. The molecule has 0 aliphatic carbocycles. The van der Waals surface area contributed by atoms with Crippen molar-refractivity contribution in [3.63, 3.8) is 0 Å². The van der Waals surface area contributed by atoms with Gasteiger partial charge in [-0.25, -0.2) is 0 Å². The summed E-state index contributed by atoms with van der Waals surface area (Å²) in [4.78, 5) is 0. The van der Waals surface area contributed by atoms with E-state index >= 15 is 0 Å². The number of aliphatic hydroxyl groups is 1. The fourth-order valence-corrected chi connectivity index (χ4v) is 1.18. The lowest BCUT2D eigenvalue weighted by atomic mass is 10.1. The number of hydrogen-bond acceptors (Lipinski definition) is 2. The largest absolute Gasteiger partial charge is 0.368 e. The quantitative estimate of drug-likeness (QED) is 0.718. The van der Waals surface area contributed by atoms with Crippen molar-refractivity contribution in [1.29, 1.82) is 0 Å². The van der Waals surface area contributed by atoms with Crippen LogP contribution in [0.3, 0.4) is 0 Å². The molecule has 1 rings (SSSR count). The highest BCUT2D eigenvalue weighted by Crippen LogP contribution is 2.05. The summed E-state index contributed by atoms with van der Waals surface area (Å²) in [5.41, 5.74) is 1.09. The predicted molar refractivity (Wildman–Crippen MR) is 52.4 cm³/mol. The third-order valence-electron chi connectivity index (χ3n) is 1.68. The zero-order valence-electron chi connectivity index (χ0n) is 8.10. The molecule has 1 atom stereocenters. The Balaban J connectivity index is 2.41. The second kappa shape index (κ2) is 5.00. The van der Waals surface area contributed by atoms with Gasteiger partial charge in [0.2, 0.25) is 0 Å². The monoisotopic (exact) mass is 180 g/mol. The van der Waals surface area contributed by atoms with Crippen LogP contribution in [0.2, 0.25) is 0 Å². The molecule has 0 radical (unpaired) electrons. The van der Waals surface area contributed by atoms with Gasteiger partial charge in [-0.3, -0.25) is 0 Å². The van der Waals surface area contributed by atoms with Crippen molar-refractivity contribution in [3.8, 4) is 0 Å². The minimum Gasteiger partial charge on any atom is -0.368 e. The van der Waals surface area contributed by atoms with Gasteiger partial charge in [0.25, 0.3) is 0 Å². The van der Waals surface area contributed by atoms with Crippen LogP contribution in [-0.4, -0.2) is 17.5 Å². The molecule has 1 N–H and O–H groups in total. The topological polar surface area (TPSA) is 29.5 Å². The first kappa shape index (κ1) is 10.2. The molecule has 0 aliphatic rings.